The van der Waals surface area contributed by atoms with Gasteiger partial charge in [-0.1, -0.05) is 11.6 Å². The van der Waals surface area contributed by atoms with Crippen molar-refractivity contribution < 1.29 is 9.90 Å². The summed E-state index contributed by atoms with van der Waals surface area (Å²) in [6, 6.07) is 0.341. The topological polar surface area (TPSA) is 49.3 Å². The van der Waals surface area contributed by atoms with Gasteiger partial charge >= 0.3 is 0 Å². The molecule has 1 saturated carbocycles. The van der Waals surface area contributed by atoms with Gasteiger partial charge in [0.05, 0.1) is 6.61 Å². The van der Waals surface area contributed by atoms with Gasteiger partial charge in [0.15, 0.2) is 0 Å². The molecular formula is C10H17NO2. The van der Waals surface area contributed by atoms with Crippen molar-refractivity contribution in [2.24, 2.45) is 0 Å². The third kappa shape index (κ3) is 3.59. The van der Waals surface area contributed by atoms with E-state index >= 15 is 0 Å². The van der Waals surface area contributed by atoms with Gasteiger partial charge in [-0.2, -0.15) is 0 Å². The van der Waals surface area contributed by atoms with Gasteiger partial charge < -0.3 is 10.4 Å². The Balaban J connectivity index is 2.30. The van der Waals surface area contributed by atoms with E-state index in [-0.39, 0.29) is 12.5 Å². The van der Waals surface area contributed by atoms with Crippen LogP contribution in [0.4, 0.5) is 0 Å². The van der Waals surface area contributed by atoms with Crippen LogP contribution in [0, 0.1) is 0 Å². The molecule has 0 aromatic heterocycles. The lowest BCUT2D eigenvalue weighted by Crippen LogP contribution is -2.34. The smallest absolute Gasteiger partial charge is 0.217 e. The second kappa shape index (κ2) is 5.02. The quantitative estimate of drug-likeness (QED) is 0.627. The highest BCUT2D eigenvalue weighted by atomic mass is 16.2. The Hall–Kier alpha value is -0.830. The van der Waals surface area contributed by atoms with E-state index in [1.54, 1.807) is 6.92 Å². The predicted octanol–water partition coefficient (Wildman–Crippen LogP) is 0.984. The highest BCUT2D eigenvalue weighted by molar-refractivity contribution is 5.73. The van der Waals surface area contributed by atoms with E-state index in [0.717, 1.165) is 25.7 Å². The van der Waals surface area contributed by atoms with Gasteiger partial charge in [-0.05, 0) is 25.7 Å². The summed E-state index contributed by atoms with van der Waals surface area (Å²) in [7, 11) is 0. The molecule has 0 bridgehead atoms. The lowest BCUT2D eigenvalue weighted by Gasteiger charge is -2.24. The molecule has 0 unspecified atom stereocenters. The first-order chi connectivity index (χ1) is 6.22. The monoisotopic (exact) mass is 183 g/mol. The molecule has 1 fully saturated rings. The Morgan fingerprint density at radius 2 is 2.23 bits per heavy atom. The number of rotatable bonds is 2. The third-order valence-corrected chi connectivity index (χ3v) is 2.42. The molecule has 0 atom stereocenters. The van der Waals surface area contributed by atoms with Gasteiger partial charge in [0.1, 0.15) is 0 Å². The molecule has 0 radical (unpaired) electrons. The number of amides is 1. The van der Waals surface area contributed by atoms with Gasteiger partial charge in [0, 0.05) is 13.0 Å². The number of aliphatic hydroxyl groups excluding tert-OH is 1. The zero-order valence-corrected chi connectivity index (χ0v) is 8.05. The zero-order chi connectivity index (χ0) is 9.68. The number of hydrogen-bond donors (Lipinski definition) is 2. The van der Waals surface area contributed by atoms with Crippen molar-refractivity contribution in [3.05, 3.63) is 11.6 Å². The number of carbonyl (C=O) groups is 1. The highest BCUT2D eigenvalue weighted by Crippen LogP contribution is 2.22. The van der Waals surface area contributed by atoms with Gasteiger partial charge in [-0.3, -0.25) is 4.79 Å². The zero-order valence-electron chi connectivity index (χ0n) is 8.05. The number of aliphatic hydroxyl groups is 1. The van der Waals surface area contributed by atoms with Gasteiger partial charge in [-0.15, -0.1) is 0 Å². The maximum atomic E-state index is 10.8. The Kier molecular flexibility index (Phi) is 3.96. The van der Waals surface area contributed by atoms with Crippen molar-refractivity contribution in [2.45, 2.75) is 38.6 Å². The Labute approximate surface area is 78.8 Å². The maximum Gasteiger partial charge on any atom is 0.217 e. The summed E-state index contributed by atoms with van der Waals surface area (Å²) >= 11 is 0. The lowest BCUT2D eigenvalue weighted by molar-refractivity contribution is -0.119. The molecule has 1 aliphatic rings. The molecule has 3 nitrogen and oxygen atoms in total. The molecule has 2 N–H and O–H groups in total. The van der Waals surface area contributed by atoms with Crippen LogP contribution >= 0.6 is 0 Å². The first-order valence-corrected chi connectivity index (χ1v) is 4.78. The van der Waals surface area contributed by atoms with E-state index in [0.29, 0.717) is 6.04 Å². The van der Waals surface area contributed by atoms with Crippen LogP contribution in [0.3, 0.4) is 0 Å². The Morgan fingerprint density at radius 3 is 2.69 bits per heavy atom. The summed E-state index contributed by atoms with van der Waals surface area (Å²) in [5.41, 5.74) is 1.32. The Morgan fingerprint density at radius 1 is 1.62 bits per heavy atom. The molecule has 1 amide bonds. The average molecular weight is 183 g/mol. The SMILES string of the molecule is CC(=O)NC1CCC(=CCO)CC1. The molecule has 0 aliphatic heterocycles. The summed E-state index contributed by atoms with van der Waals surface area (Å²) in [6.45, 7) is 1.69. The van der Waals surface area contributed by atoms with E-state index in [1.807, 2.05) is 6.08 Å². The Bertz CT molecular complexity index is 201. The lowest BCUT2D eigenvalue weighted by atomic mass is 9.90. The molecule has 1 aliphatic carbocycles. The molecule has 0 aromatic carbocycles. The number of hydrogen-bond acceptors (Lipinski definition) is 2. The second-order valence-corrected chi connectivity index (χ2v) is 3.52. The molecule has 13 heavy (non-hydrogen) atoms. The second-order valence-electron chi connectivity index (χ2n) is 3.52. The first-order valence-electron chi connectivity index (χ1n) is 4.78. The van der Waals surface area contributed by atoms with Crippen LogP contribution in [-0.2, 0) is 4.79 Å². The third-order valence-electron chi connectivity index (χ3n) is 2.42. The summed E-state index contributed by atoms with van der Waals surface area (Å²) in [5.74, 6) is 0.0552. The number of carbonyl (C=O) groups excluding carboxylic acids is 1. The normalized spacial score (nSPS) is 22.6. The molecule has 1 rings (SSSR count). The van der Waals surface area contributed by atoms with Crippen LogP contribution in [0.2, 0.25) is 0 Å². The summed E-state index contributed by atoms with van der Waals surface area (Å²) in [6.07, 6.45) is 5.90. The van der Waals surface area contributed by atoms with Crippen LogP contribution in [0.15, 0.2) is 11.6 Å². The van der Waals surface area contributed by atoms with E-state index in [4.69, 9.17) is 5.11 Å². The molecule has 0 heterocycles. The average Bonchev–Trinajstić information content (AvgIpc) is 2.08. The van der Waals surface area contributed by atoms with Gasteiger partial charge in [0.25, 0.3) is 0 Å². The highest BCUT2D eigenvalue weighted by Gasteiger charge is 2.16. The van der Waals surface area contributed by atoms with Crippen LogP contribution in [0.1, 0.15) is 32.6 Å². The fourth-order valence-electron chi connectivity index (χ4n) is 1.75. The first kappa shape index (κ1) is 10.3. The van der Waals surface area contributed by atoms with Crippen molar-refractivity contribution in [1.82, 2.24) is 5.32 Å². The molecule has 0 aromatic rings. The summed E-state index contributed by atoms with van der Waals surface area (Å²) in [5, 5.41) is 11.6. The van der Waals surface area contributed by atoms with Crippen LogP contribution < -0.4 is 5.32 Å². The number of allylic oxidation sites excluding steroid dienone is 1. The minimum absolute atomic E-state index is 0.0552. The minimum atomic E-state index is 0.0552. The van der Waals surface area contributed by atoms with E-state index < -0.39 is 0 Å². The number of nitrogens with one attached hydrogen (secondary N) is 1. The maximum absolute atomic E-state index is 10.8. The summed E-state index contributed by atoms with van der Waals surface area (Å²) < 4.78 is 0. The van der Waals surface area contributed by atoms with Crippen molar-refractivity contribution in [2.75, 3.05) is 6.61 Å². The van der Waals surface area contributed by atoms with Crippen molar-refractivity contribution in [3.63, 3.8) is 0 Å². The fourth-order valence-corrected chi connectivity index (χ4v) is 1.75. The molecule has 74 valence electrons. The van der Waals surface area contributed by atoms with Gasteiger partial charge in [0.2, 0.25) is 5.91 Å². The van der Waals surface area contributed by atoms with Crippen molar-refractivity contribution >= 4 is 5.91 Å². The van der Waals surface area contributed by atoms with Crippen molar-refractivity contribution in [3.8, 4) is 0 Å². The van der Waals surface area contributed by atoms with E-state index in [2.05, 4.69) is 5.32 Å². The standard InChI is InChI=1S/C10H17NO2/c1-8(13)11-10-4-2-9(3-5-10)6-7-12/h6,10,12H,2-5,7H2,1H3,(H,11,13). The fraction of sp³-hybridized carbons (Fsp3) is 0.700. The molecule has 3 heteroatoms. The molecular weight excluding hydrogens is 166 g/mol. The van der Waals surface area contributed by atoms with Crippen LogP contribution in [-0.4, -0.2) is 23.7 Å². The van der Waals surface area contributed by atoms with E-state index in [9.17, 15) is 4.79 Å². The van der Waals surface area contributed by atoms with E-state index in [1.165, 1.54) is 5.57 Å². The predicted molar refractivity (Wildman–Crippen MR) is 51.2 cm³/mol. The van der Waals surface area contributed by atoms with Crippen molar-refractivity contribution in [1.29, 1.82) is 0 Å². The molecule has 0 spiro atoms. The largest absolute Gasteiger partial charge is 0.392 e. The summed E-state index contributed by atoms with van der Waals surface area (Å²) in [4.78, 5) is 10.8. The van der Waals surface area contributed by atoms with Gasteiger partial charge in [-0.25, -0.2) is 0 Å². The molecule has 0 saturated heterocycles. The van der Waals surface area contributed by atoms with Crippen LogP contribution in [0.25, 0.3) is 0 Å². The minimum Gasteiger partial charge on any atom is -0.392 e. The van der Waals surface area contributed by atoms with Crippen LogP contribution in [0.5, 0.6) is 0 Å².